The van der Waals surface area contributed by atoms with Crippen molar-refractivity contribution < 1.29 is 14.7 Å². The molecule has 0 aromatic rings. The summed E-state index contributed by atoms with van der Waals surface area (Å²) in [5.41, 5.74) is 0. The van der Waals surface area contributed by atoms with E-state index >= 15 is 0 Å². The van der Waals surface area contributed by atoms with Crippen molar-refractivity contribution in [2.45, 2.75) is 52.5 Å². The molecule has 15 heavy (non-hydrogen) atoms. The van der Waals surface area contributed by atoms with Gasteiger partial charge in [0.2, 0.25) is 5.91 Å². The number of carboxylic acid groups (broad SMARTS) is 1. The van der Waals surface area contributed by atoms with Gasteiger partial charge in [-0.3, -0.25) is 9.59 Å². The van der Waals surface area contributed by atoms with Crippen molar-refractivity contribution >= 4 is 11.9 Å². The first-order chi connectivity index (χ1) is 6.91. The Morgan fingerprint density at radius 1 is 1.13 bits per heavy atom. The van der Waals surface area contributed by atoms with Crippen LogP contribution in [0.5, 0.6) is 0 Å². The number of amides is 1. The molecule has 0 saturated carbocycles. The Bertz CT molecular complexity index is 214. The van der Waals surface area contributed by atoms with Gasteiger partial charge >= 0.3 is 5.97 Å². The predicted octanol–water partition coefficient (Wildman–Crippen LogP) is 1.79. The van der Waals surface area contributed by atoms with Crippen LogP contribution in [-0.4, -0.2) is 23.0 Å². The Hall–Kier alpha value is -1.06. The van der Waals surface area contributed by atoms with Crippen molar-refractivity contribution in [2.75, 3.05) is 0 Å². The van der Waals surface area contributed by atoms with E-state index < -0.39 is 5.97 Å². The monoisotopic (exact) mass is 215 g/mol. The van der Waals surface area contributed by atoms with Gasteiger partial charge in [0.1, 0.15) is 0 Å². The molecule has 0 aliphatic heterocycles. The van der Waals surface area contributed by atoms with Crippen molar-refractivity contribution in [1.82, 2.24) is 5.32 Å². The van der Waals surface area contributed by atoms with Gasteiger partial charge in [0.15, 0.2) is 0 Å². The van der Waals surface area contributed by atoms with Crippen LogP contribution in [0.3, 0.4) is 0 Å². The minimum atomic E-state index is -0.931. The third-order valence-electron chi connectivity index (χ3n) is 2.15. The van der Waals surface area contributed by atoms with Gasteiger partial charge in [-0.2, -0.15) is 0 Å². The fraction of sp³-hybridized carbons (Fsp3) is 0.818. The predicted molar refractivity (Wildman–Crippen MR) is 58.5 cm³/mol. The number of carboxylic acids is 1. The van der Waals surface area contributed by atoms with E-state index in [1.54, 1.807) is 0 Å². The highest BCUT2D eigenvalue weighted by Crippen LogP contribution is 2.06. The van der Waals surface area contributed by atoms with E-state index in [2.05, 4.69) is 19.2 Å². The number of aliphatic carboxylic acids is 1. The molecule has 4 heteroatoms. The quantitative estimate of drug-likeness (QED) is 0.680. The minimum absolute atomic E-state index is 0.0708. The van der Waals surface area contributed by atoms with Crippen molar-refractivity contribution in [3.05, 3.63) is 0 Å². The van der Waals surface area contributed by atoms with Crippen LogP contribution < -0.4 is 5.32 Å². The molecule has 0 saturated heterocycles. The molecule has 0 radical (unpaired) electrons. The summed E-state index contributed by atoms with van der Waals surface area (Å²) < 4.78 is 0. The smallest absolute Gasteiger partial charge is 0.303 e. The standard InChI is InChI=1S/C11H21NO3/c1-8(2)4-5-9(3)12-10(13)6-7-11(14)15/h8-9H,4-7H2,1-3H3,(H,12,13)(H,14,15). The van der Waals surface area contributed by atoms with E-state index in [9.17, 15) is 9.59 Å². The maximum atomic E-state index is 11.2. The van der Waals surface area contributed by atoms with Gasteiger partial charge in [-0.25, -0.2) is 0 Å². The fourth-order valence-electron chi connectivity index (χ4n) is 1.22. The molecular weight excluding hydrogens is 194 g/mol. The molecular formula is C11H21NO3. The molecule has 0 fully saturated rings. The lowest BCUT2D eigenvalue weighted by Crippen LogP contribution is -2.32. The topological polar surface area (TPSA) is 66.4 Å². The summed E-state index contributed by atoms with van der Waals surface area (Å²) >= 11 is 0. The van der Waals surface area contributed by atoms with Gasteiger partial charge in [0.25, 0.3) is 0 Å². The third kappa shape index (κ3) is 9.25. The number of rotatable bonds is 7. The molecule has 4 nitrogen and oxygen atoms in total. The Kier molecular flexibility index (Phi) is 6.75. The van der Waals surface area contributed by atoms with Crippen LogP contribution in [0.15, 0.2) is 0 Å². The second kappa shape index (κ2) is 7.26. The van der Waals surface area contributed by atoms with Crippen molar-refractivity contribution in [3.63, 3.8) is 0 Å². The molecule has 88 valence electrons. The van der Waals surface area contributed by atoms with E-state index in [1.807, 2.05) is 6.92 Å². The second-order valence-corrected chi connectivity index (χ2v) is 4.33. The third-order valence-corrected chi connectivity index (χ3v) is 2.15. The summed E-state index contributed by atoms with van der Waals surface area (Å²) in [7, 11) is 0. The maximum absolute atomic E-state index is 11.2. The number of hydrogen-bond donors (Lipinski definition) is 2. The highest BCUT2D eigenvalue weighted by atomic mass is 16.4. The van der Waals surface area contributed by atoms with Crippen LogP contribution in [0.25, 0.3) is 0 Å². The SMILES string of the molecule is CC(C)CCC(C)NC(=O)CCC(=O)O. The molecule has 0 heterocycles. The van der Waals surface area contributed by atoms with Gasteiger partial charge in [-0.15, -0.1) is 0 Å². The highest BCUT2D eigenvalue weighted by Gasteiger charge is 2.09. The van der Waals surface area contributed by atoms with Crippen LogP contribution >= 0.6 is 0 Å². The Morgan fingerprint density at radius 3 is 2.20 bits per heavy atom. The summed E-state index contributed by atoms with van der Waals surface area (Å²) in [6, 6.07) is 0.133. The average molecular weight is 215 g/mol. The molecule has 1 unspecified atom stereocenters. The average Bonchev–Trinajstić information content (AvgIpc) is 2.11. The highest BCUT2D eigenvalue weighted by molar-refractivity contribution is 5.80. The van der Waals surface area contributed by atoms with Crippen LogP contribution in [0.1, 0.15) is 46.5 Å². The number of nitrogens with one attached hydrogen (secondary N) is 1. The molecule has 0 spiro atoms. The van der Waals surface area contributed by atoms with Crippen molar-refractivity contribution in [3.8, 4) is 0 Å². The van der Waals surface area contributed by atoms with Crippen LogP contribution in [-0.2, 0) is 9.59 Å². The zero-order valence-corrected chi connectivity index (χ0v) is 9.75. The zero-order valence-electron chi connectivity index (χ0n) is 9.75. The van der Waals surface area contributed by atoms with Crippen LogP contribution in [0.2, 0.25) is 0 Å². The van der Waals surface area contributed by atoms with Crippen molar-refractivity contribution in [2.24, 2.45) is 5.92 Å². The van der Waals surface area contributed by atoms with Crippen molar-refractivity contribution in [1.29, 1.82) is 0 Å². The molecule has 0 aliphatic rings. The second-order valence-electron chi connectivity index (χ2n) is 4.33. The van der Waals surface area contributed by atoms with E-state index in [-0.39, 0.29) is 24.8 Å². The lowest BCUT2D eigenvalue weighted by atomic mass is 10.0. The largest absolute Gasteiger partial charge is 0.481 e. The number of hydrogen-bond acceptors (Lipinski definition) is 2. The van der Waals surface area contributed by atoms with Gasteiger partial charge in [0, 0.05) is 12.5 Å². The molecule has 0 aromatic heterocycles. The first-order valence-electron chi connectivity index (χ1n) is 5.43. The number of carbonyl (C=O) groups excluding carboxylic acids is 1. The summed E-state index contributed by atoms with van der Waals surface area (Å²) in [4.78, 5) is 21.5. The minimum Gasteiger partial charge on any atom is -0.481 e. The van der Waals surface area contributed by atoms with Crippen LogP contribution in [0.4, 0.5) is 0 Å². The summed E-state index contributed by atoms with van der Waals surface area (Å²) in [6.07, 6.45) is 1.99. The van der Waals surface area contributed by atoms with E-state index in [1.165, 1.54) is 0 Å². The Labute approximate surface area is 91.1 Å². The molecule has 1 amide bonds. The lowest BCUT2D eigenvalue weighted by Gasteiger charge is -2.14. The van der Waals surface area contributed by atoms with Gasteiger partial charge in [-0.05, 0) is 25.7 Å². The van der Waals surface area contributed by atoms with E-state index in [0.717, 1.165) is 12.8 Å². The van der Waals surface area contributed by atoms with Gasteiger partial charge in [-0.1, -0.05) is 13.8 Å². The number of carbonyl (C=O) groups is 2. The van der Waals surface area contributed by atoms with Crippen LogP contribution in [0, 0.1) is 5.92 Å². The Balaban J connectivity index is 3.62. The lowest BCUT2D eigenvalue weighted by molar-refractivity contribution is -0.138. The zero-order chi connectivity index (χ0) is 11.8. The molecule has 0 aliphatic carbocycles. The first-order valence-corrected chi connectivity index (χ1v) is 5.43. The summed E-state index contributed by atoms with van der Waals surface area (Å²) in [5, 5.41) is 11.2. The maximum Gasteiger partial charge on any atom is 0.303 e. The Morgan fingerprint density at radius 2 is 1.73 bits per heavy atom. The summed E-state index contributed by atoms with van der Waals surface area (Å²) in [5.74, 6) is -0.475. The molecule has 1 atom stereocenters. The molecule has 0 bridgehead atoms. The van der Waals surface area contributed by atoms with Gasteiger partial charge in [0.05, 0.1) is 6.42 Å². The molecule has 0 rings (SSSR count). The van der Waals surface area contributed by atoms with E-state index in [4.69, 9.17) is 5.11 Å². The van der Waals surface area contributed by atoms with E-state index in [0.29, 0.717) is 5.92 Å². The normalized spacial score (nSPS) is 12.5. The fourth-order valence-corrected chi connectivity index (χ4v) is 1.22. The van der Waals surface area contributed by atoms with Gasteiger partial charge < -0.3 is 10.4 Å². The summed E-state index contributed by atoms with van der Waals surface area (Å²) in [6.45, 7) is 6.22. The molecule has 0 aromatic carbocycles. The first kappa shape index (κ1) is 13.9. The molecule has 2 N–H and O–H groups in total.